The molecule has 4 rings (SSSR count). The molecule has 0 bridgehead atoms. The SMILES string of the molecule is C=C1CC[C@@H]2[C@](C)(CCC[C@]2(C)C(=O)OC)[C@H]1CCc1ccoc1COC(=O)c1ccc(C)cc1. The Morgan fingerprint density at radius 2 is 1.89 bits per heavy atom. The first-order valence-electron chi connectivity index (χ1n) is 12.7. The molecule has 0 spiro atoms. The van der Waals surface area contributed by atoms with Crippen LogP contribution in [0.3, 0.4) is 0 Å². The van der Waals surface area contributed by atoms with Crippen molar-refractivity contribution in [2.24, 2.45) is 22.7 Å². The van der Waals surface area contributed by atoms with Crippen molar-refractivity contribution in [2.75, 3.05) is 7.11 Å². The molecule has 0 amide bonds. The summed E-state index contributed by atoms with van der Waals surface area (Å²) in [5.74, 6) is 0.867. The number of ether oxygens (including phenoxy) is 2. The van der Waals surface area contributed by atoms with E-state index in [0.717, 1.165) is 56.1 Å². The summed E-state index contributed by atoms with van der Waals surface area (Å²) < 4.78 is 16.5. The first-order valence-corrected chi connectivity index (χ1v) is 12.7. The molecule has 2 aliphatic carbocycles. The number of methoxy groups -OCH3 is 1. The summed E-state index contributed by atoms with van der Waals surface area (Å²) in [4.78, 5) is 25.2. The molecule has 0 aliphatic heterocycles. The number of carbonyl (C=O) groups is 2. The fourth-order valence-electron chi connectivity index (χ4n) is 6.88. The molecule has 2 aromatic rings. The van der Waals surface area contributed by atoms with Crippen LogP contribution in [-0.4, -0.2) is 19.0 Å². The van der Waals surface area contributed by atoms with Crippen LogP contribution in [-0.2, 0) is 27.3 Å². The average Bonchev–Trinajstić information content (AvgIpc) is 3.29. The highest BCUT2D eigenvalue weighted by molar-refractivity contribution is 5.89. The summed E-state index contributed by atoms with van der Waals surface area (Å²) in [6.45, 7) is 11.0. The molecule has 2 saturated carbocycles. The van der Waals surface area contributed by atoms with Gasteiger partial charge < -0.3 is 13.9 Å². The lowest BCUT2D eigenvalue weighted by Crippen LogP contribution is -2.53. The molecule has 5 nitrogen and oxygen atoms in total. The van der Waals surface area contributed by atoms with Crippen LogP contribution in [0.2, 0.25) is 0 Å². The fraction of sp³-hybridized carbons (Fsp3) is 0.533. The van der Waals surface area contributed by atoms with Crippen LogP contribution in [0.25, 0.3) is 0 Å². The van der Waals surface area contributed by atoms with Gasteiger partial charge in [0.05, 0.1) is 24.4 Å². The molecule has 188 valence electrons. The molecule has 2 fully saturated rings. The van der Waals surface area contributed by atoms with Crippen LogP contribution in [0, 0.1) is 29.6 Å². The van der Waals surface area contributed by atoms with E-state index in [1.807, 2.05) is 25.1 Å². The van der Waals surface area contributed by atoms with E-state index in [9.17, 15) is 9.59 Å². The predicted molar refractivity (Wildman–Crippen MR) is 135 cm³/mol. The topological polar surface area (TPSA) is 65.7 Å². The highest BCUT2D eigenvalue weighted by atomic mass is 16.5. The Kier molecular flexibility index (Phi) is 7.25. The van der Waals surface area contributed by atoms with Crippen molar-refractivity contribution >= 4 is 11.9 Å². The number of esters is 2. The van der Waals surface area contributed by atoms with Crippen molar-refractivity contribution in [3.63, 3.8) is 0 Å². The third-order valence-corrected chi connectivity index (χ3v) is 8.83. The highest BCUT2D eigenvalue weighted by Gasteiger charge is 2.57. The quantitative estimate of drug-likeness (QED) is 0.322. The summed E-state index contributed by atoms with van der Waals surface area (Å²) in [6, 6.07) is 9.32. The summed E-state index contributed by atoms with van der Waals surface area (Å²) in [6.07, 6.45) is 8.36. The third kappa shape index (κ3) is 4.82. The first kappa shape index (κ1) is 25.3. The predicted octanol–water partition coefficient (Wildman–Crippen LogP) is 6.83. The maximum absolute atomic E-state index is 12.8. The standard InChI is InChI=1S/C30H38O5/c1-20-7-10-23(11-8-20)27(31)35-19-25-22(15-18-34-25)12-13-24-21(2)9-14-26-29(24,3)16-6-17-30(26,4)28(32)33-5/h7-8,10-11,15,18,24,26H,2,6,9,12-14,16-17,19H2,1,3-5H3/t24-,26+,29+,30-/m0/s1. The molecule has 0 radical (unpaired) electrons. The number of benzene rings is 1. The van der Waals surface area contributed by atoms with E-state index in [4.69, 9.17) is 13.9 Å². The Hall–Kier alpha value is -2.82. The molecule has 1 aromatic heterocycles. The van der Waals surface area contributed by atoms with Crippen LogP contribution in [0.5, 0.6) is 0 Å². The molecular weight excluding hydrogens is 440 g/mol. The number of aryl methyl sites for hydroxylation is 2. The highest BCUT2D eigenvalue weighted by Crippen LogP contribution is 2.62. The minimum Gasteiger partial charge on any atom is -0.469 e. The van der Waals surface area contributed by atoms with Crippen LogP contribution in [0.15, 0.2) is 53.2 Å². The second kappa shape index (κ2) is 10.0. The van der Waals surface area contributed by atoms with E-state index in [1.165, 1.54) is 12.7 Å². The maximum Gasteiger partial charge on any atom is 0.338 e. The number of allylic oxidation sites excluding steroid dienone is 1. The minimum atomic E-state index is -0.439. The van der Waals surface area contributed by atoms with Gasteiger partial charge in [0.2, 0.25) is 0 Å². The van der Waals surface area contributed by atoms with Crippen molar-refractivity contribution in [2.45, 2.75) is 72.3 Å². The van der Waals surface area contributed by atoms with Crippen LogP contribution >= 0.6 is 0 Å². The molecule has 0 unspecified atom stereocenters. The number of hydrogen-bond acceptors (Lipinski definition) is 5. The Balaban J connectivity index is 1.44. The van der Waals surface area contributed by atoms with Gasteiger partial charge in [-0.3, -0.25) is 4.79 Å². The minimum absolute atomic E-state index is 0.0122. The van der Waals surface area contributed by atoms with Gasteiger partial charge >= 0.3 is 11.9 Å². The summed E-state index contributed by atoms with van der Waals surface area (Å²) in [5.41, 5.74) is 3.55. The molecular formula is C30H38O5. The van der Waals surface area contributed by atoms with Crippen LogP contribution in [0.4, 0.5) is 0 Å². The Morgan fingerprint density at radius 1 is 1.14 bits per heavy atom. The van der Waals surface area contributed by atoms with E-state index in [0.29, 0.717) is 17.2 Å². The largest absolute Gasteiger partial charge is 0.469 e. The van der Waals surface area contributed by atoms with Gasteiger partial charge in [-0.2, -0.15) is 0 Å². The van der Waals surface area contributed by atoms with Crippen molar-refractivity contribution < 1.29 is 23.5 Å². The van der Waals surface area contributed by atoms with Gasteiger partial charge in [0.15, 0.2) is 0 Å². The molecule has 2 aliphatic rings. The van der Waals surface area contributed by atoms with Crippen molar-refractivity contribution in [1.29, 1.82) is 0 Å². The fourth-order valence-corrected chi connectivity index (χ4v) is 6.88. The van der Waals surface area contributed by atoms with Gasteiger partial charge in [-0.1, -0.05) is 43.2 Å². The Morgan fingerprint density at radius 3 is 2.60 bits per heavy atom. The van der Waals surface area contributed by atoms with Crippen molar-refractivity contribution in [1.82, 2.24) is 0 Å². The first-order chi connectivity index (χ1) is 16.7. The Bertz CT molecular complexity index is 1080. The number of furan rings is 1. The lowest BCUT2D eigenvalue weighted by molar-refractivity contribution is -0.168. The van der Waals surface area contributed by atoms with Gasteiger partial charge in [-0.25, -0.2) is 4.79 Å². The Labute approximate surface area is 208 Å². The van der Waals surface area contributed by atoms with Gasteiger partial charge in [-0.05, 0) is 93.4 Å². The summed E-state index contributed by atoms with van der Waals surface area (Å²) in [5, 5.41) is 0. The second-order valence-electron chi connectivity index (χ2n) is 10.9. The molecule has 1 aromatic carbocycles. The average molecular weight is 479 g/mol. The van der Waals surface area contributed by atoms with Gasteiger partial charge in [-0.15, -0.1) is 0 Å². The van der Waals surface area contributed by atoms with Gasteiger partial charge in [0.25, 0.3) is 0 Å². The van der Waals surface area contributed by atoms with Crippen molar-refractivity contribution in [3.8, 4) is 0 Å². The monoisotopic (exact) mass is 478 g/mol. The summed E-state index contributed by atoms with van der Waals surface area (Å²) in [7, 11) is 1.50. The number of hydrogen-bond donors (Lipinski definition) is 0. The zero-order valence-electron chi connectivity index (χ0n) is 21.5. The molecule has 5 heteroatoms. The zero-order chi connectivity index (χ0) is 25.2. The van der Waals surface area contributed by atoms with E-state index in [1.54, 1.807) is 18.4 Å². The van der Waals surface area contributed by atoms with E-state index in [2.05, 4.69) is 20.4 Å². The molecule has 0 saturated heterocycles. The molecule has 1 heterocycles. The van der Waals surface area contributed by atoms with Crippen LogP contribution in [0.1, 0.15) is 79.6 Å². The molecule has 0 N–H and O–H groups in total. The zero-order valence-corrected chi connectivity index (χ0v) is 21.5. The smallest absolute Gasteiger partial charge is 0.338 e. The lowest BCUT2D eigenvalue weighted by atomic mass is 9.46. The number of carbonyl (C=O) groups excluding carboxylic acids is 2. The van der Waals surface area contributed by atoms with E-state index < -0.39 is 5.41 Å². The summed E-state index contributed by atoms with van der Waals surface area (Å²) >= 11 is 0. The van der Waals surface area contributed by atoms with Gasteiger partial charge in [0, 0.05) is 0 Å². The van der Waals surface area contributed by atoms with E-state index >= 15 is 0 Å². The van der Waals surface area contributed by atoms with Crippen molar-refractivity contribution in [3.05, 3.63) is 71.2 Å². The van der Waals surface area contributed by atoms with Crippen LogP contribution < -0.4 is 0 Å². The normalized spacial score (nSPS) is 28.3. The molecule has 35 heavy (non-hydrogen) atoms. The third-order valence-electron chi connectivity index (χ3n) is 8.83. The molecule has 4 atom stereocenters. The number of rotatable bonds is 7. The maximum atomic E-state index is 12.8. The number of fused-ring (bicyclic) bond motifs is 1. The second-order valence-corrected chi connectivity index (χ2v) is 10.9. The van der Waals surface area contributed by atoms with E-state index in [-0.39, 0.29) is 29.9 Å². The lowest BCUT2D eigenvalue weighted by Gasteiger charge is -2.57. The van der Waals surface area contributed by atoms with Gasteiger partial charge in [0.1, 0.15) is 12.4 Å².